The number of rotatable bonds is 8. The van der Waals surface area contributed by atoms with E-state index in [2.05, 4.69) is 5.32 Å². The molecule has 2 rings (SSSR count). The van der Waals surface area contributed by atoms with Gasteiger partial charge in [0.05, 0.1) is 12.0 Å². The third kappa shape index (κ3) is 5.22. The van der Waals surface area contributed by atoms with Gasteiger partial charge in [0.25, 0.3) is 0 Å². The van der Waals surface area contributed by atoms with Crippen molar-refractivity contribution >= 4 is 11.9 Å². The Hall–Kier alpha value is -2.11. The van der Waals surface area contributed by atoms with Gasteiger partial charge in [-0.15, -0.1) is 0 Å². The van der Waals surface area contributed by atoms with Gasteiger partial charge in [-0.2, -0.15) is 0 Å². The molecule has 1 aromatic rings. The number of amides is 1. The summed E-state index contributed by atoms with van der Waals surface area (Å²) in [5.74, 6) is -0.930. The van der Waals surface area contributed by atoms with Crippen LogP contribution in [0.25, 0.3) is 0 Å². The first-order valence-electron chi connectivity index (χ1n) is 8.40. The van der Waals surface area contributed by atoms with Crippen molar-refractivity contribution in [2.75, 3.05) is 13.2 Å². The Balaban J connectivity index is 1.68. The van der Waals surface area contributed by atoms with Crippen LogP contribution in [0, 0.1) is 11.2 Å². The lowest BCUT2D eigenvalue weighted by Crippen LogP contribution is -2.44. The lowest BCUT2D eigenvalue weighted by Gasteiger charge is -2.33. The smallest absolute Gasteiger partial charge is 0.311 e. The highest BCUT2D eigenvalue weighted by Gasteiger charge is 2.39. The van der Waals surface area contributed by atoms with Crippen LogP contribution < -0.4 is 10.1 Å². The van der Waals surface area contributed by atoms with Crippen LogP contribution >= 0.6 is 0 Å². The number of carbonyl (C=O) groups is 2. The number of halogens is 1. The summed E-state index contributed by atoms with van der Waals surface area (Å²) in [6.45, 7) is 0.493. The molecule has 0 radical (unpaired) electrons. The molecule has 0 heterocycles. The Bertz CT molecular complexity index is 570. The van der Waals surface area contributed by atoms with Gasteiger partial charge in [-0.25, -0.2) is 4.39 Å². The standard InChI is InChI=1S/C18H24FNO4/c19-14-6-4-7-15(12-14)24-11-5-8-16(21)20-13-18(17(22)23)9-2-1-3-10-18/h4,6-7,12H,1-3,5,8-11,13H2,(H,20,21)(H,22,23). The molecule has 0 saturated heterocycles. The molecule has 2 N–H and O–H groups in total. The summed E-state index contributed by atoms with van der Waals surface area (Å²) in [6, 6.07) is 5.85. The first-order valence-corrected chi connectivity index (χ1v) is 8.40. The molecule has 1 aliphatic rings. The molecule has 1 aliphatic carbocycles. The van der Waals surface area contributed by atoms with E-state index >= 15 is 0 Å². The number of carbonyl (C=O) groups excluding carboxylic acids is 1. The van der Waals surface area contributed by atoms with Crippen molar-refractivity contribution in [1.82, 2.24) is 5.32 Å². The van der Waals surface area contributed by atoms with Gasteiger partial charge in [0.15, 0.2) is 0 Å². The first-order chi connectivity index (χ1) is 11.5. The molecule has 1 aromatic carbocycles. The van der Waals surface area contributed by atoms with Gasteiger partial charge in [-0.05, 0) is 31.4 Å². The second kappa shape index (κ2) is 8.66. The van der Waals surface area contributed by atoms with E-state index in [1.807, 2.05) is 0 Å². The molecule has 1 fully saturated rings. The monoisotopic (exact) mass is 337 g/mol. The van der Waals surface area contributed by atoms with Crippen LogP contribution in [0.2, 0.25) is 0 Å². The predicted octanol–water partition coefficient (Wildman–Crippen LogP) is 3.14. The molecule has 5 nitrogen and oxygen atoms in total. The van der Waals surface area contributed by atoms with Crippen molar-refractivity contribution in [1.29, 1.82) is 0 Å². The zero-order valence-corrected chi connectivity index (χ0v) is 13.7. The molecule has 0 aromatic heterocycles. The lowest BCUT2D eigenvalue weighted by atomic mass is 9.74. The lowest BCUT2D eigenvalue weighted by molar-refractivity contribution is -0.151. The molecular formula is C18H24FNO4. The summed E-state index contributed by atoms with van der Waals surface area (Å²) in [5.41, 5.74) is -0.814. The van der Waals surface area contributed by atoms with Crippen molar-refractivity contribution in [2.24, 2.45) is 5.41 Å². The fraction of sp³-hybridized carbons (Fsp3) is 0.556. The van der Waals surface area contributed by atoms with Crippen LogP contribution in [0.1, 0.15) is 44.9 Å². The molecule has 6 heteroatoms. The van der Waals surface area contributed by atoms with E-state index in [4.69, 9.17) is 4.74 Å². The normalized spacial score (nSPS) is 16.4. The van der Waals surface area contributed by atoms with Gasteiger partial charge in [-0.1, -0.05) is 25.3 Å². The Morgan fingerprint density at radius 2 is 2.00 bits per heavy atom. The van der Waals surface area contributed by atoms with Gasteiger partial charge in [0, 0.05) is 19.0 Å². The van der Waals surface area contributed by atoms with Gasteiger partial charge >= 0.3 is 5.97 Å². The Labute approximate surface area is 141 Å². The van der Waals surface area contributed by atoms with Crippen molar-refractivity contribution in [2.45, 2.75) is 44.9 Å². The zero-order chi connectivity index (χ0) is 17.4. The second-order valence-electron chi connectivity index (χ2n) is 6.33. The Morgan fingerprint density at radius 1 is 1.25 bits per heavy atom. The number of carboxylic acids is 1. The summed E-state index contributed by atoms with van der Waals surface area (Å²) in [7, 11) is 0. The van der Waals surface area contributed by atoms with E-state index in [9.17, 15) is 19.1 Å². The average molecular weight is 337 g/mol. The molecule has 0 atom stereocenters. The average Bonchev–Trinajstić information content (AvgIpc) is 2.58. The van der Waals surface area contributed by atoms with E-state index in [-0.39, 0.29) is 24.7 Å². The summed E-state index contributed by atoms with van der Waals surface area (Å²) in [6.07, 6.45) is 4.82. The number of carboxylic acid groups (broad SMARTS) is 1. The SMILES string of the molecule is O=C(CCCOc1cccc(F)c1)NCC1(C(=O)O)CCCCC1. The van der Waals surface area contributed by atoms with Gasteiger partial charge in [-0.3, -0.25) is 9.59 Å². The number of aliphatic carboxylic acids is 1. The van der Waals surface area contributed by atoms with E-state index in [1.165, 1.54) is 12.1 Å². The van der Waals surface area contributed by atoms with Crippen LogP contribution in [0.15, 0.2) is 24.3 Å². The van der Waals surface area contributed by atoms with Crippen molar-refractivity contribution in [3.8, 4) is 5.75 Å². The minimum absolute atomic E-state index is 0.177. The number of ether oxygens (including phenoxy) is 1. The number of hydrogen-bond acceptors (Lipinski definition) is 3. The van der Waals surface area contributed by atoms with E-state index in [0.29, 0.717) is 31.6 Å². The predicted molar refractivity (Wildman–Crippen MR) is 87.3 cm³/mol. The summed E-state index contributed by atoms with van der Waals surface area (Å²) >= 11 is 0. The highest BCUT2D eigenvalue weighted by Crippen LogP contribution is 2.36. The molecule has 24 heavy (non-hydrogen) atoms. The molecule has 0 bridgehead atoms. The van der Waals surface area contributed by atoms with Crippen LogP contribution in [0.4, 0.5) is 4.39 Å². The number of hydrogen-bond donors (Lipinski definition) is 2. The van der Waals surface area contributed by atoms with E-state index in [1.54, 1.807) is 12.1 Å². The minimum atomic E-state index is -0.822. The van der Waals surface area contributed by atoms with Crippen LogP contribution in [-0.4, -0.2) is 30.1 Å². The third-order valence-electron chi connectivity index (χ3n) is 4.50. The van der Waals surface area contributed by atoms with Crippen LogP contribution in [-0.2, 0) is 9.59 Å². The molecule has 0 unspecified atom stereocenters. The molecule has 1 saturated carbocycles. The van der Waals surface area contributed by atoms with E-state index in [0.717, 1.165) is 19.3 Å². The number of nitrogens with one attached hydrogen (secondary N) is 1. The Morgan fingerprint density at radius 3 is 2.67 bits per heavy atom. The first kappa shape index (κ1) is 18.2. The summed E-state index contributed by atoms with van der Waals surface area (Å²) in [4.78, 5) is 23.4. The van der Waals surface area contributed by atoms with Gasteiger partial charge in [0.2, 0.25) is 5.91 Å². The van der Waals surface area contributed by atoms with Gasteiger partial charge in [0.1, 0.15) is 11.6 Å². The number of benzene rings is 1. The van der Waals surface area contributed by atoms with Crippen molar-refractivity contribution in [3.63, 3.8) is 0 Å². The fourth-order valence-electron chi connectivity index (χ4n) is 3.03. The van der Waals surface area contributed by atoms with Crippen molar-refractivity contribution < 1.29 is 23.8 Å². The topological polar surface area (TPSA) is 75.6 Å². The maximum absolute atomic E-state index is 13.0. The molecule has 1 amide bonds. The maximum atomic E-state index is 13.0. The van der Waals surface area contributed by atoms with Crippen LogP contribution in [0.3, 0.4) is 0 Å². The Kier molecular flexibility index (Phi) is 6.58. The molecular weight excluding hydrogens is 313 g/mol. The van der Waals surface area contributed by atoms with E-state index < -0.39 is 11.4 Å². The molecule has 0 aliphatic heterocycles. The minimum Gasteiger partial charge on any atom is -0.493 e. The molecule has 0 spiro atoms. The largest absolute Gasteiger partial charge is 0.493 e. The fourth-order valence-corrected chi connectivity index (χ4v) is 3.03. The highest BCUT2D eigenvalue weighted by atomic mass is 19.1. The third-order valence-corrected chi connectivity index (χ3v) is 4.50. The second-order valence-corrected chi connectivity index (χ2v) is 6.33. The molecule has 132 valence electrons. The van der Waals surface area contributed by atoms with Crippen LogP contribution in [0.5, 0.6) is 5.75 Å². The zero-order valence-electron chi connectivity index (χ0n) is 13.7. The van der Waals surface area contributed by atoms with Gasteiger partial charge < -0.3 is 15.2 Å². The summed E-state index contributed by atoms with van der Waals surface area (Å²) in [5, 5.41) is 12.2. The maximum Gasteiger partial charge on any atom is 0.311 e. The summed E-state index contributed by atoms with van der Waals surface area (Å²) < 4.78 is 18.4. The van der Waals surface area contributed by atoms with Crippen molar-refractivity contribution in [3.05, 3.63) is 30.1 Å². The highest BCUT2D eigenvalue weighted by molar-refractivity contribution is 5.79. The quantitative estimate of drug-likeness (QED) is 0.715.